The van der Waals surface area contributed by atoms with Crippen molar-refractivity contribution in [2.45, 2.75) is 26.3 Å². The van der Waals surface area contributed by atoms with Gasteiger partial charge in [0.25, 0.3) is 11.5 Å². The van der Waals surface area contributed by atoms with E-state index in [1.54, 1.807) is 35.1 Å². The van der Waals surface area contributed by atoms with Crippen molar-refractivity contribution >= 4 is 28.1 Å². The number of aromatic nitrogens is 2. The van der Waals surface area contributed by atoms with E-state index in [1.807, 2.05) is 41.8 Å². The van der Waals surface area contributed by atoms with Crippen LogP contribution in [0.3, 0.4) is 0 Å². The van der Waals surface area contributed by atoms with Crippen LogP contribution in [-0.4, -0.2) is 22.0 Å². The van der Waals surface area contributed by atoms with Crippen LogP contribution in [0.2, 0.25) is 0 Å². The van der Waals surface area contributed by atoms with Gasteiger partial charge in [-0.2, -0.15) is 0 Å². The van der Waals surface area contributed by atoms with E-state index in [1.165, 1.54) is 5.56 Å². The quantitative estimate of drug-likeness (QED) is 0.459. The molecule has 5 nitrogen and oxygen atoms in total. The zero-order valence-corrected chi connectivity index (χ0v) is 17.6. The Bertz CT molecular complexity index is 1210. The number of aryl methyl sites for hydroxylation is 2. The minimum Gasteiger partial charge on any atom is -0.352 e. The number of pyridine rings is 2. The molecule has 4 aromatic rings. The molecule has 152 valence electrons. The van der Waals surface area contributed by atoms with Gasteiger partial charge in [-0.3, -0.25) is 14.6 Å². The number of hydrogen-bond donors (Lipinski definition) is 1. The van der Waals surface area contributed by atoms with E-state index in [2.05, 4.69) is 22.4 Å². The van der Waals surface area contributed by atoms with E-state index in [0.29, 0.717) is 35.2 Å². The first-order valence-corrected chi connectivity index (χ1v) is 10.8. The summed E-state index contributed by atoms with van der Waals surface area (Å²) in [5.41, 5.74) is 2.81. The summed E-state index contributed by atoms with van der Waals surface area (Å²) < 4.78 is 1.66. The Morgan fingerprint density at radius 3 is 2.73 bits per heavy atom. The lowest BCUT2D eigenvalue weighted by Gasteiger charge is -2.10. The molecule has 0 spiro atoms. The second-order valence-corrected chi connectivity index (χ2v) is 8.26. The zero-order valence-electron chi connectivity index (χ0n) is 16.8. The smallest absolute Gasteiger partial charge is 0.260 e. The molecule has 4 rings (SSSR count). The first-order chi connectivity index (χ1) is 14.6. The summed E-state index contributed by atoms with van der Waals surface area (Å²) in [6.45, 7) is 2.89. The summed E-state index contributed by atoms with van der Waals surface area (Å²) in [7, 11) is 0. The lowest BCUT2D eigenvalue weighted by molar-refractivity contribution is 0.0952. The second-order valence-electron chi connectivity index (χ2n) is 7.23. The second kappa shape index (κ2) is 9.05. The maximum absolute atomic E-state index is 13.0. The highest BCUT2D eigenvalue weighted by atomic mass is 32.1. The van der Waals surface area contributed by atoms with Crippen LogP contribution in [0.1, 0.15) is 32.9 Å². The summed E-state index contributed by atoms with van der Waals surface area (Å²) >= 11 is 1.61. The number of rotatable bonds is 7. The monoisotopic (exact) mass is 417 g/mol. The molecule has 0 bridgehead atoms. The van der Waals surface area contributed by atoms with E-state index in [9.17, 15) is 9.59 Å². The van der Waals surface area contributed by atoms with Gasteiger partial charge < -0.3 is 9.88 Å². The lowest BCUT2D eigenvalue weighted by Crippen LogP contribution is -2.27. The minimum atomic E-state index is -0.192. The molecule has 0 aliphatic rings. The number of fused-ring (bicyclic) bond motifs is 1. The fourth-order valence-corrected chi connectivity index (χ4v) is 4.17. The van der Waals surface area contributed by atoms with Crippen molar-refractivity contribution in [1.29, 1.82) is 0 Å². The van der Waals surface area contributed by atoms with Gasteiger partial charge in [0.15, 0.2) is 0 Å². The molecule has 0 aliphatic carbocycles. The molecule has 0 atom stereocenters. The lowest BCUT2D eigenvalue weighted by atomic mass is 10.1. The topological polar surface area (TPSA) is 64.0 Å². The van der Waals surface area contributed by atoms with Crippen molar-refractivity contribution in [2.75, 3.05) is 6.54 Å². The molecule has 0 aliphatic heterocycles. The largest absolute Gasteiger partial charge is 0.352 e. The molecule has 0 fully saturated rings. The van der Waals surface area contributed by atoms with Gasteiger partial charge in [-0.05, 0) is 48.9 Å². The van der Waals surface area contributed by atoms with E-state index in [-0.39, 0.29) is 11.5 Å². The summed E-state index contributed by atoms with van der Waals surface area (Å²) in [5.74, 6) is -0.192. The van der Waals surface area contributed by atoms with Crippen LogP contribution in [0.4, 0.5) is 0 Å². The Morgan fingerprint density at radius 1 is 1.13 bits per heavy atom. The van der Waals surface area contributed by atoms with Gasteiger partial charge in [0.05, 0.1) is 28.7 Å². The minimum absolute atomic E-state index is 0.133. The van der Waals surface area contributed by atoms with Gasteiger partial charge >= 0.3 is 0 Å². The summed E-state index contributed by atoms with van der Waals surface area (Å²) in [5, 5.41) is 5.42. The third-order valence-electron chi connectivity index (χ3n) is 5.07. The van der Waals surface area contributed by atoms with Gasteiger partial charge in [-0.15, -0.1) is 11.3 Å². The molecule has 0 saturated heterocycles. The van der Waals surface area contributed by atoms with Crippen LogP contribution in [0, 0.1) is 6.92 Å². The third-order valence-corrected chi connectivity index (χ3v) is 5.93. The highest BCUT2D eigenvalue weighted by molar-refractivity contribution is 7.09. The molecular weight excluding hydrogens is 394 g/mol. The van der Waals surface area contributed by atoms with Gasteiger partial charge in [-0.1, -0.05) is 36.4 Å². The Morgan fingerprint density at radius 2 is 1.97 bits per heavy atom. The van der Waals surface area contributed by atoms with E-state index in [0.717, 1.165) is 17.7 Å². The van der Waals surface area contributed by atoms with E-state index in [4.69, 9.17) is 0 Å². The van der Waals surface area contributed by atoms with Gasteiger partial charge in [-0.25, -0.2) is 0 Å². The highest BCUT2D eigenvalue weighted by Crippen LogP contribution is 2.15. The number of benzene rings is 1. The maximum atomic E-state index is 13.0. The number of carbonyl (C=O) groups excluding carboxylic acids is 1. The van der Waals surface area contributed by atoms with E-state index < -0.39 is 0 Å². The fourth-order valence-electron chi connectivity index (χ4n) is 3.46. The van der Waals surface area contributed by atoms with Crippen molar-refractivity contribution in [1.82, 2.24) is 14.9 Å². The van der Waals surface area contributed by atoms with Gasteiger partial charge in [0.2, 0.25) is 0 Å². The Balaban J connectivity index is 1.50. The molecule has 1 aromatic carbocycles. The molecule has 3 heterocycles. The van der Waals surface area contributed by atoms with Crippen LogP contribution >= 0.6 is 11.3 Å². The predicted molar refractivity (Wildman–Crippen MR) is 121 cm³/mol. The Kier molecular flexibility index (Phi) is 6.05. The predicted octanol–water partition coefficient (Wildman–Crippen LogP) is 4.18. The fraction of sp³-hybridized carbons (Fsp3) is 0.208. The summed E-state index contributed by atoms with van der Waals surface area (Å²) in [6, 6.07) is 17.7. The van der Waals surface area contributed by atoms with Crippen molar-refractivity contribution in [2.24, 2.45) is 0 Å². The molecule has 0 saturated carbocycles. The highest BCUT2D eigenvalue weighted by Gasteiger charge is 2.14. The molecule has 30 heavy (non-hydrogen) atoms. The van der Waals surface area contributed by atoms with Crippen LogP contribution in [-0.2, 0) is 13.0 Å². The third kappa shape index (κ3) is 4.49. The van der Waals surface area contributed by atoms with Crippen molar-refractivity contribution in [3.63, 3.8) is 0 Å². The van der Waals surface area contributed by atoms with Crippen LogP contribution in [0.15, 0.2) is 71.0 Å². The zero-order chi connectivity index (χ0) is 20.9. The van der Waals surface area contributed by atoms with Crippen LogP contribution in [0.25, 0.3) is 10.9 Å². The molecule has 0 radical (unpaired) electrons. The first kappa shape index (κ1) is 20.0. The van der Waals surface area contributed by atoms with Crippen molar-refractivity contribution in [3.05, 3.63) is 98.2 Å². The maximum Gasteiger partial charge on any atom is 0.260 e. The number of nitrogens with zero attached hydrogens (tertiary/aromatic N) is 2. The number of thiophene rings is 1. The normalized spacial score (nSPS) is 11.0. The van der Waals surface area contributed by atoms with Gasteiger partial charge in [0, 0.05) is 17.6 Å². The molecular formula is C24H23N3O2S. The SMILES string of the molecule is Cc1nc2ccn(Cc3cccs3)c(=O)c2cc1C(=O)NCCCc1ccccc1. The molecule has 3 aromatic heterocycles. The molecule has 1 N–H and O–H groups in total. The van der Waals surface area contributed by atoms with Gasteiger partial charge in [0.1, 0.15) is 0 Å². The number of nitrogens with one attached hydrogen (secondary N) is 1. The van der Waals surface area contributed by atoms with Crippen molar-refractivity contribution < 1.29 is 4.79 Å². The number of hydrogen-bond acceptors (Lipinski definition) is 4. The van der Waals surface area contributed by atoms with Crippen LogP contribution in [0.5, 0.6) is 0 Å². The number of amides is 1. The standard InChI is InChI=1S/C24H23N3O2S/c1-17-20(23(28)25-12-5-9-18-7-3-2-4-8-18)15-21-22(26-17)11-13-27(24(21)29)16-19-10-6-14-30-19/h2-4,6-8,10-11,13-15H,5,9,12,16H2,1H3,(H,25,28). The first-order valence-electron chi connectivity index (χ1n) is 9.97. The molecule has 1 amide bonds. The van der Waals surface area contributed by atoms with Crippen molar-refractivity contribution in [3.8, 4) is 0 Å². The molecule has 6 heteroatoms. The average Bonchev–Trinajstić information content (AvgIpc) is 3.27. The average molecular weight is 418 g/mol. The Hall–Kier alpha value is -3.25. The Labute approximate surface area is 179 Å². The summed E-state index contributed by atoms with van der Waals surface area (Å²) in [6.07, 6.45) is 3.52. The van der Waals surface area contributed by atoms with Crippen LogP contribution < -0.4 is 10.9 Å². The van der Waals surface area contributed by atoms with E-state index >= 15 is 0 Å². The molecule has 0 unspecified atom stereocenters. The number of carbonyl (C=O) groups is 1. The summed E-state index contributed by atoms with van der Waals surface area (Å²) in [4.78, 5) is 31.3.